The number of pyridine rings is 1. The first-order chi connectivity index (χ1) is 11.9. The lowest BCUT2D eigenvalue weighted by molar-refractivity contribution is 0.0696. The molecule has 1 fully saturated rings. The lowest BCUT2D eigenvalue weighted by atomic mass is 9.99. The zero-order chi connectivity index (χ0) is 18.0. The van der Waals surface area contributed by atoms with Crippen molar-refractivity contribution in [3.8, 4) is 0 Å². The molecule has 0 bridgehead atoms. The summed E-state index contributed by atoms with van der Waals surface area (Å²) < 4.78 is 41.5. The molecule has 132 valence electrons. The molecule has 3 rings (SSSR count). The highest BCUT2D eigenvalue weighted by atomic mass is 32.2. The quantitative estimate of drug-likeness (QED) is 0.901. The van der Waals surface area contributed by atoms with Crippen LogP contribution in [0.4, 0.5) is 4.39 Å². The molecule has 6 nitrogen and oxygen atoms in total. The highest BCUT2D eigenvalue weighted by molar-refractivity contribution is 7.89. The summed E-state index contributed by atoms with van der Waals surface area (Å²) in [7, 11) is -4.18. The number of sulfonamides is 1. The van der Waals surface area contributed by atoms with Crippen molar-refractivity contribution in [2.45, 2.75) is 30.2 Å². The van der Waals surface area contributed by atoms with Crippen LogP contribution in [-0.4, -0.2) is 35.3 Å². The Bertz CT molecular complexity index is 887. The molecule has 0 amide bonds. The van der Waals surface area contributed by atoms with E-state index < -0.39 is 32.7 Å². The van der Waals surface area contributed by atoms with Crippen LogP contribution in [0, 0.1) is 5.82 Å². The Morgan fingerprint density at radius 3 is 2.76 bits per heavy atom. The van der Waals surface area contributed by atoms with Crippen LogP contribution in [0.5, 0.6) is 0 Å². The second-order valence-corrected chi connectivity index (χ2v) is 7.72. The minimum atomic E-state index is -4.18. The van der Waals surface area contributed by atoms with Crippen molar-refractivity contribution in [1.29, 1.82) is 0 Å². The number of carbonyl (C=O) groups is 1. The first-order valence-electron chi connectivity index (χ1n) is 7.86. The summed E-state index contributed by atoms with van der Waals surface area (Å²) in [5.74, 6) is -2.26. The fraction of sp³-hybridized carbons (Fsp3) is 0.294. The monoisotopic (exact) mass is 364 g/mol. The van der Waals surface area contributed by atoms with Crippen molar-refractivity contribution >= 4 is 16.0 Å². The minimum absolute atomic E-state index is 0.249. The smallest absolute Gasteiger partial charge is 0.335 e. The molecule has 1 aliphatic rings. The third kappa shape index (κ3) is 3.40. The molecule has 1 aromatic heterocycles. The summed E-state index contributed by atoms with van der Waals surface area (Å²) in [5.41, 5.74) is 0.468. The molecule has 0 aliphatic carbocycles. The third-order valence-electron chi connectivity index (χ3n) is 4.29. The number of piperidine rings is 1. The molecule has 2 heterocycles. The number of benzene rings is 1. The van der Waals surface area contributed by atoms with E-state index in [1.165, 1.54) is 4.31 Å². The molecule has 1 aromatic carbocycles. The Morgan fingerprint density at radius 1 is 1.28 bits per heavy atom. The van der Waals surface area contributed by atoms with Gasteiger partial charge in [0.05, 0.1) is 11.6 Å². The van der Waals surface area contributed by atoms with Crippen LogP contribution in [0.25, 0.3) is 0 Å². The molecule has 1 N–H and O–H groups in total. The summed E-state index contributed by atoms with van der Waals surface area (Å²) in [4.78, 5) is 14.5. The van der Waals surface area contributed by atoms with Crippen LogP contribution < -0.4 is 0 Å². The van der Waals surface area contributed by atoms with Crippen molar-refractivity contribution in [3.05, 3.63) is 59.7 Å². The van der Waals surface area contributed by atoms with Crippen LogP contribution in [0.3, 0.4) is 0 Å². The van der Waals surface area contributed by atoms with E-state index in [9.17, 15) is 17.6 Å². The molecule has 8 heteroatoms. The van der Waals surface area contributed by atoms with Gasteiger partial charge in [-0.1, -0.05) is 12.5 Å². The predicted molar refractivity (Wildman–Crippen MR) is 88.1 cm³/mol. The van der Waals surface area contributed by atoms with E-state index in [2.05, 4.69) is 4.98 Å². The van der Waals surface area contributed by atoms with Gasteiger partial charge in [-0.3, -0.25) is 4.98 Å². The van der Waals surface area contributed by atoms with E-state index in [0.29, 0.717) is 12.8 Å². The van der Waals surface area contributed by atoms with Gasteiger partial charge in [-0.15, -0.1) is 0 Å². The molecule has 1 aliphatic heterocycles. The van der Waals surface area contributed by atoms with Gasteiger partial charge in [-0.2, -0.15) is 4.31 Å². The van der Waals surface area contributed by atoms with E-state index in [1.54, 1.807) is 24.5 Å². The molecule has 1 atom stereocenters. The minimum Gasteiger partial charge on any atom is -0.478 e. The average Bonchev–Trinajstić information content (AvgIpc) is 2.62. The van der Waals surface area contributed by atoms with Gasteiger partial charge >= 0.3 is 5.97 Å². The molecule has 0 radical (unpaired) electrons. The SMILES string of the molecule is O=C(O)c1ccc(F)c(S(=O)(=O)N2CCCC[C@@H]2c2cccnc2)c1. The summed E-state index contributed by atoms with van der Waals surface area (Å²) >= 11 is 0. The Hall–Kier alpha value is -2.32. The number of halogens is 1. The average molecular weight is 364 g/mol. The predicted octanol–water partition coefficient (Wildman–Crippen LogP) is 2.83. The van der Waals surface area contributed by atoms with Crippen molar-refractivity contribution < 1.29 is 22.7 Å². The molecule has 0 saturated carbocycles. The standard InChI is InChI=1S/C17H17FN2O4S/c18-14-7-6-12(17(21)22)10-16(14)25(23,24)20-9-2-1-5-15(20)13-4-3-8-19-11-13/h3-4,6-8,10-11,15H,1-2,5,9H2,(H,21,22)/t15-/m1/s1. The fourth-order valence-corrected chi connectivity index (χ4v) is 4.83. The van der Waals surface area contributed by atoms with E-state index in [-0.39, 0.29) is 12.1 Å². The maximum absolute atomic E-state index is 14.2. The van der Waals surface area contributed by atoms with Crippen molar-refractivity contribution in [1.82, 2.24) is 9.29 Å². The maximum atomic E-state index is 14.2. The molecule has 25 heavy (non-hydrogen) atoms. The first-order valence-corrected chi connectivity index (χ1v) is 9.30. The molecule has 0 spiro atoms. The number of carboxylic acid groups (broad SMARTS) is 1. The molecular formula is C17H17FN2O4S. The summed E-state index contributed by atoms with van der Waals surface area (Å²) in [6, 6.07) is 5.86. The van der Waals surface area contributed by atoms with Crippen LogP contribution in [0.1, 0.15) is 41.2 Å². The van der Waals surface area contributed by atoms with Crippen LogP contribution >= 0.6 is 0 Å². The zero-order valence-corrected chi connectivity index (χ0v) is 14.1. The first kappa shape index (κ1) is 17.5. The Balaban J connectivity index is 2.06. The second-order valence-electron chi connectivity index (χ2n) is 5.86. The van der Waals surface area contributed by atoms with E-state index >= 15 is 0 Å². The Labute approximate surface area is 145 Å². The van der Waals surface area contributed by atoms with Gasteiger partial charge < -0.3 is 5.11 Å². The van der Waals surface area contributed by atoms with Crippen LogP contribution in [-0.2, 0) is 10.0 Å². The highest BCUT2D eigenvalue weighted by Gasteiger charge is 2.36. The van der Waals surface area contributed by atoms with Gasteiger partial charge in [-0.25, -0.2) is 17.6 Å². The third-order valence-corrected chi connectivity index (χ3v) is 6.21. The topological polar surface area (TPSA) is 87.6 Å². The number of rotatable bonds is 4. The van der Waals surface area contributed by atoms with E-state index in [4.69, 9.17) is 5.11 Å². The molecule has 0 unspecified atom stereocenters. The number of hydrogen-bond acceptors (Lipinski definition) is 4. The lowest BCUT2D eigenvalue weighted by Gasteiger charge is -2.34. The number of hydrogen-bond donors (Lipinski definition) is 1. The molecule has 1 saturated heterocycles. The van der Waals surface area contributed by atoms with Gasteiger partial charge in [0.1, 0.15) is 10.7 Å². The molecular weight excluding hydrogens is 347 g/mol. The van der Waals surface area contributed by atoms with Gasteiger partial charge in [0.2, 0.25) is 10.0 Å². The summed E-state index contributed by atoms with van der Waals surface area (Å²) in [5, 5.41) is 9.07. The van der Waals surface area contributed by atoms with Gasteiger partial charge in [0.25, 0.3) is 0 Å². The summed E-state index contributed by atoms with van der Waals surface area (Å²) in [6.07, 6.45) is 5.31. The van der Waals surface area contributed by atoms with Gasteiger partial charge in [0, 0.05) is 18.9 Å². The zero-order valence-electron chi connectivity index (χ0n) is 13.3. The van der Waals surface area contributed by atoms with Crippen molar-refractivity contribution in [2.75, 3.05) is 6.54 Å². The number of nitrogens with zero attached hydrogens (tertiary/aromatic N) is 2. The maximum Gasteiger partial charge on any atom is 0.335 e. The van der Waals surface area contributed by atoms with E-state index in [1.807, 2.05) is 0 Å². The highest BCUT2D eigenvalue weighted by Crippen LogP contribution is 2.35. The lowest BCUT2D eigenvalue weighted by Crippen LogP contribution is -2.39. The summed E-state index contributed by atoms with van der Waals surface area (Å²) in [6.45, 7) is 0.249. The fourth-order valence-electron chi connectivity index (χ4n) is 3.06. The molecule has 2 aromatic rings. The number of aromatic nitrogens is 1. The van der Waals surface area contributed by atoms with Crippen LogP contribution in [0.2, 0.25) is 0 Å². The largest absolute Gasteiger partial charge is 0.478 e. The van der Waals surface area contributed by atoms with E-state index in [0.717, 1.165) is 30.2 Å². The van der Waals surface area contributed by atoms with Crippen LogP contribution in [0.15, 0.2) is 47.6 Å². The van der Waals surface area contributed by atoms with Crippen molar-refractivity contribution in [2.24, 2.45) is 0 Å². The Kier molecular flexibility index (Phi) is 4.82. The number of carboxylic acids is 1. The number of aromatic carboxylic acids is 1. The Morgan fingerprint density at radius 2 is 2.08 bits per heavy atom. The van der Waals surface area contributed by atoms with Gasteiger partial charge in [-0.05, 0) is 42.7 Å². The second kappa shape index (κ2) is 6.89. The van der Waals surface area contributed by atoms with Crippen molar-refractivity contribution in [3.63, 3.8) is 0 Å². The van der Waals surface area contributed by atoms with Gasteiger partial charge in [0.15, 0.2) is 0 Å². The normalized spacial score (nSPS) is 18.8.